The van der Waals surface area contributed by atoms with Gasteiger partial charge in [0, 0.05) is 37.8 Å². The van der Waals surface area contributed by atoms with E-state index < -0.39 is 69.9 Å². The van der Waals surface area contributed by atoms with Crippen molar-refractivity contribution < 1.29 is 41.9 Å². The summed E-state index contributed by atoms with van der Waals surface area (Å²) in [6.45, 7) is 9.26. The topological polar surface area (TPSA) is 276 Å². The highest BCUT2D eigenvalue weighted by Gasteiger charge is 2.45. The zero-order valence-electron chi connectivity index (χ0n) is 37.0. The van der Waals surface area contributed by atoms with Crippen molar-refractivity contribution in [1.82, 2.24) is 36.0 Å². The van der Waals surface area contributed by atoms with Crippen molar-refractivity contribution >= 4 is 88.4 Å². The molecule has 4 rings (SSSR count). The Balaban J connectivity index is 0.00000683. The highest BCUT2D eigenvalue weighted by molar-refractivity contribution is 7.89. The van der Waals surface area contributed by atoms with Gasteiger partial charge in [-0.2, -0.15) is 0 Å². The van der Waals surface area contributed by atoms with Crippen LogP contribution in [0.3, 0.4) is 0 Å². The first kappa shape index (κ1) is 57.7. The highest BCUT2D eigenvalue weighted by Crippen LogP contribution is 2.29. The Hall–Kier alpha value is -4.28. The number of nitrogens with zero attached hydrogens (tertiary/aromatic N) is 2. The number of nitrogens with two attached hydrogens (primary N) is 2. The summed E-state index contributed by atoms with van der Waals surface area (Å²) in [6.07, 6.45) is 2.38. The van der Waals surface area contributed by atoms with E-state index in [-0.39, 0.29) is 97.1 Å². The third kappa shape index (κ3) is 15.7. The molecule has 2 aromatic rings. The first-order valence-corrected chi connectivity index (χ1v) is 22.1. The summed E-state index contributed by atoms with van der Waals surface area (Å²) in [4.78, 5) is 83.0. The van der Waals surface area contributed by atoms with Gasteiger partial charge in [-0.3, -0.25) is 44.5 Å². The molecule has 2 aromatic carbocycles. The van der Waals surface area contributed by atoms with Crippen LogP contribution in [0.1, 0.15) is 82.1 Å². The van der Waals surface area contributed by atoms with E-state index in [2.05, 4.69) is 31.5 Å². The Morgan fingerprint density at radius 3 is 2.16 bits per heavy atom. The fraction of sp³-hybridized carbons (Fsp3) is 0.561. The number of hydrogen-bond donors (Lipinski definition) is 8. The molecule has 0 spiro atoms. The number of carbonyl (C=O) groups is 6. The van der Waals surface area contributed by atoms with Gasteiger partial charge >= 0.3 is 0 Å². The van der Waals surface area contributed by atoms with Gasteiger partial charge in [0.05, 0.1) is 29.7 Å². The predicted molar refractivity (Wildman–Crippen MR) is 250 cm³/mol. The molecule has 0 radical (unpaired) electrons. The lowest BCUT2D eigenvalue weighted by atomic mass is 9.95. The second-order valence-corrected chi connectivity index (χ2v) is 17.7. The van der Waals surface area contributed by atoms with Gasteiger partial charge in [-0.15, -0.1) is 37.2 Å². The van der Waals surface area contributed by atoms with Gasteiger partial charge in [0.15, 0.2) is 0 Å². The van der Waals surface area contributed by atoms with Crippen LogP contribution in [0.25, 0.3) is 0 Å². The molecule has 19 nitrogen and oxygen atoms in total. The average molecular weight is 980 g/mol. The van der Waals surface area contributed by atoms with Gasteiger partial charge in [0.1, 0.15) is 17.8 Å². The van der Waals surface area contributed by atoms with Crippen LogP contribution < -0.4 is 47.7 Å². The number of halogens is 3. The number of hydrazine groups is 1. The lowest BCUT2D eigenvalue weighted by Gasteiger charge is -2.45. The second kappa shape index (κ2) is 26.6. The maximum atomic E-state index is 14.3. The average Bonchev–Trinajstić information content (AvgIpc) is 3.71. The fourth-order valence-electron chi connectivity index (χ4n) is 7.52. The third-order valence-corrected chi connectivity index (χ3v) is 12.3. The molecular formula is C41H65Cl3N10O9S. The summed E-state index contributed by atoms with van der Waals surface area (Å²) in [6, 6.07) is 5.82. The Bertz CT molecular complexity index is 2010. The number of aryl methyl sites for hydroxylation is 1. The van der Waals surface area contributed by atoms with E-state index in [1.165, 1.54) is 45.2 Å². The molecule has 2 saturated heterocycles. The minimum atomic E-state index is -4.03. The number of rotatable bonds is 18. The van der Waals surface area contributed by atoms with Gasteiger partial charge in [-0.1, -0.05) is 31.5 Å². The predicted octanol–water partition coefficient (Wildman–Crippen LogP) is 1.50. The SMILES string of the molecule is COc1ccc(NC(C)=O)cc1C(=O)NNC(=O)[C@H](CCCCN)NC(=O)[C@@H]1CCCN1[C@@H]1CN(C(=O)[C@@H](NC(=O)[C@H](C)N)C(C)C)CC[C@H]1NS(=O)(=O)c1ccc(C)cc1.Cl.Cl.Cl. The smallest absolute Gasteiger partial charge is 0.273 e. The van der Waals surface area contributed by atoms with Gasteiger partial charge in [-0.05, 0) is 102 Å². The molecule has 2 aliphatic heterocycles. The van der Waals surface area contributed by atoms with Crippen molar-refractivity contribution in [3.8, 4) is 5.75 Å². The van der Waals surface area contributed by atoms with Crippen LogP contribution in [0.2, 0.25) is 0 Å². The molecule has 0 aromatic heterocycles. The maximum Gasteiger partial charge on any atom is 0.273 e. The number of piperidine rings is 1. The Labute approximate surface area is 394 Å². The van der Waals surface area contributed by atoms with Crippen molar-refractivity contribution in [2.24, 2.45) is 17.4 Å². The number of benzene rings is 2. The van der Waals surface area contributed by atoms with Crippen molar-refractivity contribution in [3.63, 3.8) is 0 Å². The number of methoxy groups -OCH3 is 1. The minimum absolute atomic E-state index is 0. The molecule has 6 amide bonds. The van der Waals surface area contributed by atoms with Crippen LogP contribution in [0, 0.1) is 12.8 Å². The molecule has 10 N–H and O–H groups in total. The standard InChI is InChI=1S/C41H62N10O9S.3ClH/c1-24(2)36(46-37(53)26(4)43)41(57)50-21-18-31(49-61(58,59)29-15-12-25(3)13-16-29)34(23-50)51-20-9-11-33(51)40(56)45-32(10-7-8-19-42)39(55)48-47-38(54)30-22-28(44-27(5)52)14-17-35(30)60-6;;;/h12-17,22,24,26,31-34,36,49H,7-11,18-21,23,42-43H2,1-6H3,(H,44,52)(H,45,56)(H,46,53)(H,47,54)(H,48,55);3*1H/t26-,31+,32-,33-,34+,36-;;;/m0.../s1. The van der Waals surface area contributed by atoms with Crippen LogP contribution in [-0.4, -0.2) is 123 Å². The largest absolute Gasteiger partial charge is 0.496 e. The van der Waals surface area contributed by atoms with E-state index in [1.807, 2.05) is 11.8 Å². The molecule has 2 heterocycles. The molecule has 2 fully saturated rings. The number of sulfonamides is 1. The molecule has 23 heteroatoms. The molecule has 6 atom stereocenters. The molecule has 0 unspecified atom stereocenters. The van der Waals surface area contributed by atoms with E-state index in [0.29, 0.717) is 44.5 Å². The highest BCUT2D eigenvalue weighted by atomic mass is 35.5. The van der Waals surface area contributed by atoms with Crippen molar-refractivity contribution in [2.45, 2.75) is 114 Å². The Morgan fingerprint density at radius 2 is 1.56 bits per heavy atom. The van der Waals surface area contributed by atoms with Crippen molar-refractivity contribution in [1.29, 1.82) is 0 Å². The van der Waals surface area contributed by atoms with E-state index in [1.54, 1.807) is 36.9 Å². The fourth-order valence-corrected chi connectivity index (χ4v) is 8.83. The van der Waals surface area contributed by atoms with Gasteiger partial charge < -0.3 is 37.1 Å². The number of amides is 6. The number of hydrogen-bond acceptors (Lipinski definition) is 12. The van der Waals surface area contributed by atoms with E-state index in [9.17, 15) is 37.2 Å². The van der Waals surface area contributed by atoms with Crippen LogP contribution in [0.5, 0.6) is 5.75 Å². The number of ether oxygens (including phenoxy) is 1. The zero-order chi connectivity index (χ0) is 45.0. The molecule has 0 saturated carbocycles. The molecular weight excluding hydrogens is 915 g/mol. The Morgan fingerprint density at radius 1 is 0.891 bits per heavy atom. The number of anilines is 1. The summed E-state index contributed by atoms with van der Waals surface area (Å²) in [5.41, 5.74) is 17.6. The summed E-state index contributed by atoms with van der Waals surface area (Å²) < 4.78 is 35.7. The first-order valence-electron chi connectivity index (χ1n) is 20.6. The summed E-state index contributed by atoms with van der Waals surface area (Å²) in [7, 11) is -2.67. The number of likely N-dealkylation sites (tertiary alicyclic amines) is 2. The number of unbranched alkanes of at least 4 members (excludes halogenated alkanes) is 1. The normalized spacial score (nSPS) is 18.7. The number of nitrogens with one attached hydrogen (secondary N) is 6. The van der Waals surface area contributed by atoms with Crippen LogP contribution >= 0.6 is 37.2 Å². The third-order valence-electron chi connectivity index (χ3n) is 10.8. The van der Waals surface area contributed by atoms with Gasteiger partial charge in [-0.25, -0.2) is 13.1 Å². The summed E-state index contributed by atoms with van der Waals surface area (Å²) in [5, 5.41) is 8.21. The maximum absolute atomic E-state index is 14.3. The second-order valence-electron chi connectivity index (χ2n) is 16.0. The Kier molecular flexibility index (Phi) is 24.0. The van der Waals surface area contributed by atoms with E-state index >= 15 is 0 Å². The summed E-state index contributed by atoms with van der Waals surface area (Å²) in [5.74, 6) is -3.22. The van der Waals surface area contributed by atoms with Crippen LogP contribution in [0.15, 0.2) is 47.4 Å². The lowest BCUT2D eigenvalue weighted by Crippen LogP contribution is -2.66. The molecule has 0 bridgehead atoms. The van der Waals surface area contributed by atoms with Crippen molar-refractivity contribution in [2.75, 3.05) is 38.6 Å². The van der Waals surface area contributed by atoms with Gasteiger partial charge in [0.25, 0.3) is 11.8 Å². The summed E-state index contributed by atoms with van der Waals surface area (Å²) >= 11 is 0. The van der Waals surface area contributed by atoms with Crippen LogP contribution in [0.4, 0.5) is 5.69 Å². The van der Waals surface area contributed by atoms with E-state index in [4.69, 9.17) is 16.2 Å². The first-order chi connectivity index (χ1) is 28.9. The van der Waals surface area contributed by atoms with E-state index in [0.717, 1.165) is 5.56 Å². The van der Waals surface area contributed by atoms with Crippen LogP contribution in [-0.2, 0) is 34.0 Å². The molecule has 64 heavy (non-hydrogen) atoms. The lowest BCUT2D eigenvalue weighted by molar-refractivity contribution is -0.140. The molecule has 2 aliphatic rings. The van der Waals surface area contributed by atoms with Gasteiger partial charge in [0.2, 0.25) is 33.7 Å². The molecule has 360 valence electrons. The zero-order valence-corrected chi connectivity index (χ0v) is 40.3. The molecule has 0 aliphatic carbocycles. The van der Waals surface area contributed by atoms with Crippen molar-refractivity contribution in [3.05, 3.63) is 53.6 Å². The number of carbonyl (C=O) groups excluding carboxylic acids is 6. The monoisotopic (exact) mass is 978 g/mol. The quantitative estimate of drug-likeness (QED) is 0.0780. The minimum Gasteiger partial charge on any atom is -0.496 e.